The van der Waals surface area contributed by atoms with Gasteiger partial charge in [-0.2, -0.15) is 0 Å². The number of hydrogen-bond acceptors (Lipinski definition) is 3. The molecule has 1 saturated heterocycles. The van der Waals surface area contributed by atoms with Gasteiger partial charge in [-0.1, -0.05) is 0 Å². The quantitative estimate of drug-likeness (QED) is 0.827. The van der Waals surface area contributed by atoms with Crippen LogP contribution in [-0.2, 0) is 16.1 Å². The number of amides is 2. The van der Waals surface area contributed by atoms with Crippen LogP contribution in [0.1, 0.15) is 38.2 Å². The van der Waals surface area contributed by atoms with Gasteiger partial charge in [0.15, 0.2) is 0 Å². The average Bonchev–Trinajstić information content (AvgIpc) is 2.99. The van der Waals surface area contributed by atoms with Crippen molar-refractivity contribution in [1.29, 1.82) is 0 Å². The first-order chi connectivity index (χ1) is 9.56. The van der Waals surface area contributed by atoms with E-state index in [1.807, 2.05) is 32.9 Å². The van der Waals surface area contributed by atoms with E-state index in [1.54, 1.807) is 9.80 Å². The highest BCUT2D eigenvalue weighted by Gasteiger charge is 2.37. The maximum Gasteiger partial charge on any atom is 0.245 e. The molecule has 1 atom stereocenters. The van der Waals surface area contributed by atoms with Crippen molar-refractivity contribution < 1.29 is 14.0 Å². The van der Waals surface area contributed by atoms with E-state index in [1.165, 1.54) is 0 Å². The van der Waals surface area contributed by atoms with E-state index in [0.717, 1.165) is 11.5 Å². The van der Waals surface area contributed by atoms with Crippen LogP contribution < -0.4 is 0 Å². The van der Waals surface area contributed by atoms with Gasteiger partial charge >= 0.3 is 0 Å². The molecule has 2 heterocycles. The summed E-state index contributed by atoms with van der Waals surface area (Å²) < 4.78 is 5.52. The largest absolute Gasteiger partial charge is 0.464 e. The van der Waals surface area contributed by atoms with E-state index in [4.69, 9.17) is 4.42 Å². The maximum atomic E-state index is 12.5. The Morgan fingerprint density at radius 2 is 2.10 bits per heavy atom. The topological polar surface area (TPSA) is 53.8 Å². The van der Waals surface area contributed by atoms with Gasteiger partial charge in [0.05, 0.1) is 6.54 Å². The maximum absolute atomic E-state index is 12.5. The molecule has 1 aliphatic heterocycles. The fourth-order valence-corrected chi connectivity index (χ4v) is 2.67. The molecule has 0 aliphatic carbocycles. The zero-order valence-electron chi connectivity index (χ0n) is 12.4. The molecule has 20 heavy (non-hydrogen) atoms. The molecule has 1 aliphatic rings. The Hall–Kier alpha value is -1.78. The van der Waals surface area contributed by atoms with Crippen molar-refractivity contribution in [3.63, 3.8) is 0 Å². The van der Waals surface area contributed by atoms with Crippen molar-refractivity contribution in [2.45, 2.75) is 46.2 Å². The van der Waals surface area contributed by atoms with Crippen LogP contribution in [0.15, 0.2) is 16.5 Å². The van der Waals surface area contributed by atoms with Crippen LogP contribution in [0.3, 0.4) is 0 Å². The van der Waals surface area contributed by atoms with Gasteiger partial charge in [0.25, 0.3) is 0 Å². The third kappa shape index (κ3) is 2.86. The van der Waals surface area contributed by atoms with E-state index in [0.29, 0.717) is 32.5 Å². The molecule has 0 aromatic carbocycles. The van der Waals surface area contributed by atoms with Crippen molar-refractivity contribution in [2.75, 3.05) is 13.1 Å². The van der Waals surface area contributed by atoms with Crippen molar-refractivity contribution in [1.82, 2.24) is 9.80 Å². The SMILES string of the molecule is CCN(CC)C(=O)[C@@H]1CCC(=O)N1Cc1ccc(C)o1. The van der Waals surface area contributed by atoms with Crippen LogP contribution in [0.25, 0.3) is 0 Å². The van der Waals surface area contributed by atoms with Gasteiger partial charge in [-0.3, -0.25) is 9.59 Å². The third-order valence-corrected chi connectivity index (χ3v) is 3.81. The number of rotatable bonds is 5. The number of carbonyl (C=O) groups excluding carboxylic acids is 2. The first-order valence-corrected chi connectivity index (χ1v) is 7.20. The molecule has 1 fully saturated rings. The minimum Gasteiger partial charge on any atom is -0.464 e. The normalized spacial score (nSPS) is 18.6. The average molecular weight is 278 g/mol. The lowest BCUT2D eigenvalue weighted by Crippen LogP contribution is -2.46. The summed E-state index contributed by atoms with van der Waals surface area (Å²) in [5, 5.41) is 0. The number of furan rings is 1. The van der Waals surface area contributed by atoms with E-state index >= 15 is 0 Å². The zero-order valence-corrected chi connectivity index (χ0v) is 12.4. The third-order valence-electron chi connectivity index (χ3n) is 3.81. The predicted molar refractivity (Wildman–Crippen MR) is 74.9 cm³/mol. The van der Waals surface area contributed by atoms with Gasteiger partial charge in [-0.15, -0.1) is 0 Å². The molecule has 0 radical (unpaired) electrons. The number of hydrogen-bond donors (Lipinski definition) is 0. The van der Waals surface area contributed by atoms with Crippen molar-refractivity contribution >= 4 is 11.8 Å². The molecule has 110 valence electrons. The van der Waals surface area contributed by atoms with E-state index in [9.17, 15) is 9.59 Å². The van der Waals surface area contributed by atoms with Crippen LogP contribution >= 0.6 is 0 Å². The first kappa shape index (κ1) is 14.6. The van der Waals surface area contributed by atoms with Gasteiger partial charge in [0, 0.05) is 19.5 Å². The van der Waals surface area contributed by atoms with E-state index in [-0.39, 0.29) is 17.9 Å². The Morgan fingerprint density at radius 3 is 2.65 bits per heavy atom. The standard InChI is InChI=1S/C15H22N2O3/c1-4-16(5-2)15(19)13-8-9-14(18)17(13)10-12-7-6-11(3)20-12/h6-7,13H,4-5,8-10H2,1-3H3/t13-/m0/s1. The van der Waals surface area contributed by atoms with Crippen LogP contribution in [0.4, 0.5) is 0 Å². The Balaban J connectivity index is 2.12. The van der Waals surface area contributed by atoms with Gasteiger partial charge in [-0.25, -0.2) is 0 Å². The predicted octanol–water partition coefficient (Wildman–Crippen LogP) is 1.95. The fourth-order valence-electron chi connectivity index (χ4n) is 2.67. The highest BCUT2D eigenvalue weighted by molar-refractivity contribution is 5.90. The van der Waals surface area contributed by atoms with Gasteiger partial charge in [-0.05, 0) is 39.3 Å². The molecular formula is C15H22N2O3. The molecule has 0 bridgehead atoms. The zero-order chi connectivity index (χ0) is 14.7. The van der Waals surface area contributed by atoms with Crippen molar-refractivity contribution in [3.05, 3.63) is 23.7 Å². The summed E-state index contributed by atoms with van der Waals surface area (Å²) in [5.41, 5.74) is 0. The number of aryl methyl sites for hydroxylation is 1. The smallest absolute Gasteiger partial charge is 0.245 e. The molecule has 2 amide bonds. The molecule has 1 aromatic heterocycles. The molecular weight excluding hydrogens is 256 g/mol. The van der Waals surface area contributed by atoms with Crippen LogP contribution in [0, 0.1) is 6.92 Å². The Kier molecular flexibility index (Phi) is 4.47. The molecule has 0 saturated carbocycles. The summed E-state index contributed by atoms with van der Waals surface area (Å²) in [6.45, 7) is 7.51. The summed E-state index contributed by atoms with van der Waals surface area (Å²) >= 11 is 0. The minimum atomic E-state index is -0.340. The molecule has 5 heteroatoms. The summed E-state index contributed by atoms with van der Waals surface area (Å²) in [7, 11) is 0. The molecule has 1 aromatic rings. The first-order valence-electron chi connectivity index (χ1n) is 7.20. The highest BCUT2D eigenvalue weighted by Crippen LogP contribution is 2.23. The van der Waals surface area contributed by atoms with Crippen LogP contribution in [0.5, 0.6) is 0 Å². The molecule has 0 N–H and O–H groups in total. The van der Waals surface area contributed by atoms with Gasteiger partial charge < -0.3 is 14.2 Å². The Labute approximate surface area is 119 Å². The second-order valence-electron chi connectivity index (χ2n) is 5.10. The number of likely N-dealkylation sites (tertiary alicyclic amines) is 1. The molecule has 0 spiro atoms. The van der Waals surface area contributed by atoms with Crippen molar-refractivity contribution in [2.24, 2.45) is 0 Å². The van der Waals surface area contributed by atoms with Crippen molar-refractivity contribution in [3.8, 4) is 0 Å². The lowest BCUT2D eigenvalue weighted by atomic mass is 10.2. The summed E-state index contributed by atoms with van der Waals surface area (Å²) in [6, 6.07) is 3.39. The van der Waals surface area contributed by atoms with E-state index in [2.05, 4.69) is 0 Å². The van der Waals surface area contributed by atoms with Crippen LogP contribution in [-0.4, -0.2) is 40.7 Å². The second kappa shape index (κ2) is 6.11. The second-order valence-corrected chi connectivity index (χ2v) is 5.10. The monoisotopic (exact) mass is 278 g/mol. The highest BCUT2D eigenvalue weighted by atomic mass is 16.3. The molecule has 0 unspecified atom stereocenters. The lowest BCUT2D eigenvalue weighted by Gasteiger charge is -2.28. The summed E-state index contributed by atoms with van der Waals surface area (Å²) in [4.78, 5) is 27.9. The van der Waals surface area contributed by atoms with Crippen LogP contribution in [0.2, 0.25) is 0 Å². The number of likely N-dealkylation sites (N-methyl/N-ethyl adjacent to an activating group) is 1. The lowest BCUT2D eigenvalue weighted by molar-refractivity contribution is -0.141. The summed E-state index contributed by atoms with van der Waals surface area (Å²) in [6.07, 6.45) is 1.05. The minimum absolute atomic E-state index is 0.0320. The van der Waals surface area contributed by atoms with Gasteiger partial charge in [0.2, 0.25) is 11.8 Å². The number of nitrogens with zero attached hydrogens (tertiary/aromatic N) is 2. The van der Waals surface area contributed by atoms with Gasteiger partial charge in [0.1, 0.15) is 17.6 Å². The Bertz CT molecular complexity index is 491. The fraction of sp³-hybridized carbons (Fsp3) is 0.600. The number of carbonyl (C=O) groups is 2. The molecule has 5 nitrogen and oxygen atoms in total. The Morgan fingerprint density at radius 1 is 1.40 bits per heavy atom. The summed E-state index contributed by atoms with van der Waals surface area (Å²) in [5.74, 6) is 1.63. The van der Waals surface area contributed by atoms with E-state index < -0.39 is 0 Å². The molecule has 2 rings (SSSR count).